The molecule has 0 N–H and O–H groups in total. The predicted octanol–water partition coefficient (Wildman–Crippen LogP) is 2.02. The maximum Gasteiger partial charge on any atom is 0.293 e. The first-order valence-corrected chi connectivity index (χ1v) is 6.10. The third-order valence-corrected chi connectivity index (χ3v) is 3.40. The SMILES string of the molecule is COC1CCN(c2ccc(C(C)=O)cc2[N+](=O)[O-])C1. The second kappa shape index (κ2) is 5.36. The summed E-state index contributed by atoms with van der Waals surface area (Å²) in [5.74, 6) is -0.175. The van der Waals surface area contributed by atoms with Crippen molar-refractivity contribution in [3.05, 3.63) is 33.9 Å². The van der Waals surface area contributed by atoms with Gasteiger partial charge in [0.25, 0.3) is 5.69 Å². The van der Waals surface area contributed by atoms with Gasteiger partial charge in [0, 0.05) is 31.8 Å². The molecule has 1 atom stereocenters. The first-order valence-electron chi connectivity index (χ1n) is 6.10. The molecule has 1 fully saturated rings. The summed E-state index contributed by atoms with van der Waals surface area (Å²) in [5.41, 5.74) is 0.886. The fourth-order valence-corrected chi connectivity index (χ4v) is 2.30. The Hall–Kier alpha value is -1.95. The second-order valence-electron chi connectivity index (χ2n) is 4.61. The number of nitro benzene ring substituents is 1. The summed E-state index contributed by atoms with van der Waals surface area (Å²) in [6.07, 6.45) is 0.953. The van der Waals surface area contributed by atoms with Gasteiger partial charge in [-0.2, -0.15) is 0 Å². The maximum absolute atomic E-state index is 11.3. The van der Waals surface area contributed by atoms with Crippen LogP contribution in [0.3, 0.4) is 0 Å². The fraction of sp³-hybridized carbons (Fsp3) is 0.462. The Labute approximate surface area is 111 Å². The van der Waals surface area contributed by atoms with E-state index in [0.29, 0.717) is 17.8 Å². The van der Waals surface area contributed by atoms with Gasteiger partial charge in [-0.3, -0.25) is 14.9 Å². The highest BCUT2D eigenvalue weighted by Gasteiger charge is 2.27. The lowest BCUT2D eigenvalue weighted by atomic mass is 10.1. The Morgan fingerprint density at radius 1 is 1.53 bits per heavy atom. The van der Waals surface area contributed by atoms with Crippen molar-refractivity contribution in [1.29, 1.82) is 0 Å². The molecule has 1 aliphatic heterocycles. The monoisotopic (exact) mass is 264 g/mol. The average molecular weight is 264 g/mol. The lowest BCUT2D eigenvalue weighted by Gasteiger charge is -2.18. The normalized spacial score (nSPS) is 18.6. The number of anilines is 1. The van der Waals surface area contributed by atoms with Crippen molar-refractivity contribution >= 4 is 17.2 Å². The Balaban J connectivity index is 2.35. The number of Topliss-reactive ketones (excluding diaryl/α,β-unsaturated/α-hetero) is 1. The Morgan fingerprint density at radius 2 is 2.26 bits per heavy atom. The van der Waals surface area contributed by atoms with Crippen molar-refractivity contribution in [2.24, 2.45) is 0 Å². The van der Waals surface area contributed by atoms with Gasteiger partial charge in [-0.25, -0.2) is 0 Å². The van der Waals surface area contributed by atoms with Crippen LogP contribution in [-0.4, -0.2) is 37.0 Å². The molecule has 0 aliphatic carbocycles. The summed E-state index contributed by atoms with van der Waals surface area (Å²) >= 11 is 0. The highest BCUT2D eigenvalue weighted by Crippen LogP contribution is 2.32. The predicted molar refractivity (Wildman–Crippen MR) is 70.7 cm³/mol. The molecule has 1 heterocycles. The zero-order chi connectivity index (χ0) is 14.0. The van der Waals surface area contributed by atoms with Gasteiger partial charge < -0.3 is 9.64 Å². The molecule has 6 heteroatoms. The Morgan fingerprint density at radius 3 is 2.79 bits per heavy atom. The zero-order valence-corrected chi connectivity index (χ0v) is 11.0. The van der Waals surface area contributed by atoms with Crippen LogP contribution in [0.15, 0.2) is 18.2 Å². The first-order chi connectivity index (χ1) is 9.02. The number of benzene rings is 1. The van der Waals surface area contributed by atoms with E-state index in [1.165, 1.54) is 13.0 Å². The highest BCUT2D eigenvalue weighted by atomic mass is 16.6. The van der Waals surface area contributed by atoms with Gasteiger partial charge in [-0.1, -0.05) is 0 Å². The minimum atomic E-state index is -0.443. The van der Waals surface area contributed by atoms with Crippen LogP contribution in [0.25, 0.3) is 0 Å². The number of nitro groups is 1. The topological polar surface area (TPSA) is 72.7 Å². The van der Waals surface area contributed by atoms with E-state index in [1.54, 1.807) is 19.2 Å². The Kier molecular flexibility index (Phi) is 3.80. The molecule has 0 spiro atoms. The van der Waals surface area contributed by atoms with Crippen molar-refractivity contribution in [2.75, 3.05) is 25.1 Å². The molecule has 0 bridgehead atoms. The number of ketones is 1. The molecule has 1 aromatic carbocycles. The number of carbonyl (C=O) groups excluding carboxylic acids is 1. The highest BCUT2D eigenvalue weighted by molar-refractivity contribution is 5.95. The number of methoxy groups -OCH3 is 1. The van der Waals surface area contributed by atoms with E-state index in [0.717, 1.165) is 13.0 Å². The van der Waals surface area contributed by atoms with Crippen LogP contribution in [-0.2, 0) is 4.74 Å². The third-order valence-electron chi connectivity index (χ3n) is 3.40. The fourth-order valence-electron chi connectivity index (χ4n) is 2.30. The number of nitrogens with zero attached hydrogens (tertiary/aromatic N) is 2. The number of ether oxygens (including phenoxy) is 1. The van der Waals surface area contributed by atoms with Crippen LogP contribution in [0.4, 0.5) is 11.4 Å². The van der Waals surface area contributed by atoms with Crippen LogP contribution in [0, 0.1) is 10.1 Å². The molecule has 1 aliphatic rings. The minimum absolute atomic E-state index is 0.0237. The van der Waals surface area contributed by atoms with E-state index < -0.39 is 4.92 Å². The molecule has 102 valence electrons. The number of hydrogen-bond acceptors (Lipinski definition) is 5. The van der Waals surface area contributed by atoms with Crippen LogP contribution >= 0.6 is 0 Å². The third kappa shape index (κ3) is 2.73. The molecule has 1 aromatic rings. The summed E-state index contributed by atoms with van der Waals surface area (Å²) < 4.78 is 5.26. The zero-order valence-electron chi connectivity index (χ0n) is 11.0. The molecule has 1 unspecified atom stereocenters. The number of rotatable bonds is 4. The number of hydrogen-bond donors (Lipinski definition) is 0. The van der Waals surface area contributed by atoms with E-state index in [4.69, 9.17) is 4.74 Å². The first kappa shape index (κ1) is 13.5. The average Bonchev–Trinajstić information content (AvgIpc) is 2.86. The van der Waals surface area contributed by atoms with Crippen molar-refractivity contribution in [3.63, 3.8) is 0 Å². The van der Waals surface area contributed by atoms with Crippen LogP contribution < -0.4 is 4.90 Å². The van der Waals surface area contributed by atoms with Crippen LogP contribution in [0.5, 0.6) is 0 Å². The molecule has 2 rings (SSSR count). The van der Waals surface area contributed by atoms with Gasteiger partial charge in [0.05, 0.1) is 11.0 Å². The van der Waals surface area contributed by atoms with E-state index >= 15 is 0 Å². The molecule has 0 amide bonds. The van der Waals surface area contributed by atoms with Crippen molar-refractivity contribution < 1.29 is 14.5 Å². The summed E-state index contributed by atoms with van der Waals surface area (Å²) in [6.45, 7) is 2.76. The van der Waals surface area contributed by atoms with Crippen molar-refractivity contribution in [2.45, 2.75) is 19.4 Å². The minimum Gasteiger partial charge on any atom is -0.380 e. The van der Waals surface area contributed by atoms with Gasteiger partial charge in [0.15, 0.2) is 5.78 Å². The molecular weight excluding hydrogens is 248 g/mol. The molecular formula is C13H16N2O4. The smallest absolute Gasteiger partial charge is 0.293 e. The largest absolute Gasteiger partial charge is 0.380 e. The summed E-state index contributed by atoms with van der Waals surface area (Å²) in [6, 6.07) is 4.62. The standard InChI is InChI=1S/C13H16N2O4/c1-9(16)10-3-4-12(13(7-10)15(17)18)14-6-5-11(8-14)19-2/h3-4,7,11H,5-6,8H2,1-2H3. The van der Waals surface area contributed by atoms with E-state index in [-0.39, 0.29) is 17.6 Å². The lowest BCUT2D eigenvalue weighted by Crippen LogP contribution is -2.23. The summed E-state index contributed by atoms with van der Waals surface area (Å²) in [5, 5.41) is 11.1. The molecule has 0 aromatic heterocycles. The molecule has 1 saturated heterocycles. The van der Waals surface area contributed by atoms with Crippen molar-refractivity contribution in [1.82, 2.24) is 0 Å². The van der Waals surface area contributed by atoms with E-state index in [1.807, 2.05) is 4.90 Å². The second-order valence-corrected chi connectivity index (χ2v) is 4.61. The maximum atomic E-state index is 11.3. The molecule has 0 radical (unpaired) electrons. The lowest BCUT2D eigenvalue weighted by molar-refractivity contribution is -0.384. The van der Waals surface area contributed by atoms with Gasteiger partial charge in [-0.15, -0.1) is 0 Å². The van der Waals surface area contributed by atoms with Gasteiger partial charge in [-0.05, 0) is 25.5 Å². The van der Waals surface area contributed by atoms with Crippen LogP contribution in [0.1, 0.15) is 23.7 Å². The Bertz CT molecular complexity index is 515. The number of carbonyl (C=O) groups is 1. The molecule has 6 nitrogen and oxygen atoms in total. The van der Waals surface area contributed by atoms with Gasteiger partial charge in [0.1, 0.15) is 5.69 Å². The quantitative estimate of drug-likeness (QED) is 0.472. The van der Waals surface area contributed by atoms with Crippen molar-refractivity contribution in [3.8, 4) is 0 Å². The summed E-state index contributed by atoms with van der Waals surface area (Å²) in [7, 11) is 1.64. The molecule has 0 saturated carbocycles. The molecule has 19 heavy (non-hydrogen) atoms. The van der Waals surface area contributed by atoms with E-state index in [2.05, 4.69) is 0 Å². The summed E-state index contributed by atoms with van der Waals surface area (Å²) in [4.78, 5) is 23.9. The van der Waals surface area contributed by atoms with E-state index in [9.17, 15) is 14.9 Å². The van der Waals surface area contributed by atoms with Gasteiger partial charge >= 0.3 is 0 Å². The van der Waals surface area contributed by atoms with Crippen LogP contribution in [0.2, 0.25) is 0 Å². The van der Waals surface area contributed by atoms with Gasteiger partial charge in [0.2, 0.25) is 0 Å².